The van der Waals surface area contributed by atoms with Crippen LogP contribution in [0.15, 0.2) is 18.2 Å². The molecule has 0 aliphatic carbocycles. The summed E-state index contributed by atoms with van der Waals surface area (Å²) in [7, 11) is 5.03. The Morgan fingerprint density at radius 3 is 2.50 bits per heavy atom. The average molecular weight is 166 g/mol. The third kappa shape index (κ3) is 1.70. The zero-order valence-corrected chi connectivity index (χ0v) is 6.18. The summed E-state index contributed by atoms with van der Waals surface area (Å²) in [5.41, 5.74) is 0.0939. The van der Waals surface area contributed by atoms with Gasteiger partial charge in [0.1, 0.15) is 0 Å². The molecule has 0 N–H and O–H groups in total. The van der Waals surface area contributed by atoms with Gasteiger partial charge in [-0.25, -0.2) is 8.78 Å². The highest BCUT2D eigenvalue weighted by molar-refractivity contribution is 6.23. The standard InChI is InChI=1S/C8H5BF2O/c9-4-8(12)5-1-2-6(10)7(11)3-5/h1-3H,4H2. The van der Waals surface area contributed by atoms with Crippen molar-refractivity contribution in [3.8, 4) is 0 Å². The SMILES string of the molecule is [B]CC(=O)c1ccc(F)c(F)c1. The minimum absolute atomic E-state index is 0.0939. The predicted octanol–water partition coefficient (Wildman–Crippen LogP) is 1.73. The third-order valence-electron chi connectivity index (χ3n) is 1.43. The third-order valence-corrected chi connectivity index (χ3v) is 1.43. The maximum absolute atomic E-state index is 12.5. The zero-order valence-electron chi connectivity index (χ0n) is 6.18. The Labute approximate surface area is 69.8 Å². The molecule has 0 fully saturated rings. The van der Waals surface area contributed by atoms with Crippen molar-refractivity contribution in [2.24, 2.45) is 0 Å². The molecule has 0 aliphatic rings. The zero-order chi connectivity index (χ0) is 9.14. The van der Waals surface area contributed by atoms with Crippen LogP contribution in [0, 0.1) is 11.6 Å². The molecule has 0 bridgehead atoms. The van der Waals surface area contributed by atoms with Crippen LogP contribution in [0.1, 0.15) is 10.4 Å². The second-order valence-electron chi connectivity index (χ2n) is 2.26. The van der Waals surface area contributed by atoms with Crippen molar-refractivity contribution in [2.45, 2.75) is 6.32 Å². The molecule has 0 atom stereocenters. The molecule has 1 aromatic carbocycles. The van der Waals surface area contributed by atoms with Crippen LogP contribution in [0.2, 0.25) is 6.32 Å². The van der Waals surface area contributed by atoms with Gasteiger partial charge in [0.15, 0.2) is 17.4 Å². The van der Waals surface area contributed by atoms with Crippen LogP contribution in [-0.4, -0.2) is 13.6 Å². The minimum atomic E-state index is -1.03. The first-order valence-corrected chi connectivity index (χ1v) is 3.33. The van der Waals surface area contributed by atoms with E-state index >= 15 is 0 Å². The Bertz CT molecular complexity index is 312. The topological polar surface area (TPSA) is 17.1 Å². The van der Waals surface area contributed by atoms with E-state index in [0.29, 0.717) is 0 Å². The number of halogens is 2. The van der Waals surface area contributed by atoms with Gasteiger partial charge in [-0.1, -0.05) is 0 Å². The van der Waals surface area contributed by atoms with Gasteiger partial charge in [-0.05, 0) is 24.5 Å². The van der Waals surface area contributed by atoms with Crippen molar-refractivity contribution in [2.75, 3.05) is 0 Å². The van der Waals surface area contributed by atoms with Gasteiger partial charge in [0.2, 0.25) is 0 Å². The highest BCUT2D eigenvalue weighted by Gasteiger charge is 2.06. The minimum Gasteiger partial charge on any atom is -0.295 e. The van der Waals surface area contributed by atoms with Crippen LogP contribution in [0.3, 0.4) is 0 Å². The van der Waals surface area contributed by atoms with E-state index in [0.717, 1.165) is 12.1 Å². The lowest BCUT2D eigenvalue weighted by Crippen LogP contribution is -1.98. The number of hydrogen-bond donors (Lipinski definition) is 0. The van der Waals surface area contributed by atoms with Crippen LogP contribution < -0.4 is 0 Å². The molecule has 12 heavy (non-hydrogen) atoms. The van der Waals surface area contributed by atoms with Crippen LogP contribution in [0.25, 0.3) is 0 Å². The Hall–Kier alpha value is -1.19. The van der Waals surface area contributed by atoms with Crippen LogP contribution in [0.5, 0.6) is 0 Å². The summed E-state index contributed by atoms with van der Waals surface area (Å²) in [6.07, 6.45) is -0.203. The molecule has 0 spiro atoms. The molecule has 4 heteroatoms. The second kappa shape index (κ2) is 3.47. The van der Waals surface area contributed by atoms with Gasteiger partial charge in [0.25, 0.3) is 0 Å². The Morgan fingerprint density at radius 1 is 1.33 bits per heavy atom. The molecule has 0 unspecified atom stereocenters. The number of hydrogen-bond acceptors (Lipinski definition) is 1. The van der Waals surface area contributed by atoms with Crippen molar-refractivity contribution >= 4 is 13.6 Å². The maximum Gasteiger partial charge on any atom is 0.159 e. The van der Waals surface area contributed by atoms with Gasteiger partial charge in [0, 0.05) is 5.56 Å². The van der Waals surface area contributed by atoms with Crippen molar-refractivity contribution in [1.82, 2.24) is 0 Å². The lowest BCUT2D eigenvalue weighted by Gasteiger charge is -1.97. The number of rotatable bonds is 2. The molecule has 1 aromatic rings. The predicted molar refractivity (Wildman–Crippen MR) is 41.2 cm³/mol. The van der Waals surface area contributed by atoms with Gasteiger partial charge in [-0.3, -0.25) is 4.79 Å². The highest BCUT2D eigenvalue weighted by Crippen LogP contribution is 2.09. The Morgan fingerprint density at radius 2 is 2.00 bits per heavy atom. The molecule has 1 rings (SSSR count). The summed E-state index contributed by atoms with van der Waals surface area (Å²) in [5.74, 6) is -2.41. The highest BCUT2D eigenvalue weighted by atomic mass is 19.2. The van der Waals surface area contributed by atoms with E-state index < -0.39 is 17.4 Å². The summed E-state index contributed by atoms with van der Waals surface area (Å²) in [6.45, 7) is 0. The lowest BCUT2D eigenvalue weighted by atomic mass is 9.96. The molecule has 2 radical (unpaired) electrons. The Balaban J connectivity index is 3.05. The van der Waals surface area contributed by atoms with E-state index in [4.69, 9.17) is 7.85 Å². The first-order chi connectivity index (χ1) is 5.65. The number of ketones is 1. The van der Waals surface area contributed by atoms with Crippen LogP contribution in [0.4, 0.5) is 8.78 Å². The first kappa shape index (κ1) is 8.91. The van der Waals surface area contributed by atoms with Crippen molar-refractivity contribution in [3.63, 3.8) is 0 Å². The smallest absolute Gasteiger partial charge is 0.159 e. The van der Waals surface area contributed by atoms with Crippen molar-refractivity contribution in [3.05, 3.63) is 35.4 Å². The monoisotopic (exact) mass is 166 g/mol. The fourth-order valence-electron chi connectivity index (χ4n) is 0.787. The number of carbonyl (C=O) groups is 1. The van der Waals surface area contributed by atoms with E-state index in [1.807, 2.05) is 0 Å². The van der Waals surface area contributed by atoms with E-state index in [2.05, 4.69) is 0 Å². The number of benzene rings is 1. The van der Waals surface area contributed by atoms with E-state index in [9.17, 15) is 13.6 Å². The normalized spacial score (nSPS) is 9.83. The van der Waals surface area contributed by atoms with Crippen molar-refractivity contribution in [1.29, 1.82) is 0 Å². The average Bonchev–Trinajstić information content (AvgIpc) is 2.08. The molecule has 1 nitrogen and oxygen atoms in total. The molecule has 0 amide bonds. The van der Waals surface area contributed by atoms with Crippen LogP contribution in [-0.2, 0) is 0 Å². The summed E-state index contributed by atoms with van der Waals surface area (Å²) in [6, 6.07) is 2.94. The molecule has 60 valence electrons. The van der Waals surface area contributed by atoms with Gasteiger partial charge in [-0.2, -0.15) is 0 Å². The van der Waals surface area contributed by atoms with E-state index in [1.165, 1.54) is 6.07 Å². The van der Waals surface area contributed by atoms with Gasteiger partial charge in [0.05, 0.1) is 7.85 Å². The van der Waals surface area contributed by atoms with E-state index in [-0.39, 0.29) is 11.9 Å². The molecule has 0 aromatic heterocycles. The van der Waals surface area contributed by atoms with Crippen molar-refractivity contribution < 1.29 is 13.6 Å². The Kier molecular flexibility index (Phi) is 2.58. The van der Waals surface area contributed by atoms with Crippen LogP contribution >= 0.6 is 0 Å². The fourth-order valence-corrected chi connectivity index (χ4v) is 0.787. The molecular weight excluding hydrogens is 161 g/mol. The maximum atomic E-state index is 12.5. The fraction of sp³-hybridized carbons (Fsp3) is 0.125. The van der Waals surface area contributed by atoms with E-state index in [1.54, 1.807) is 0 Å². The first-order valence-electron chi connectivity index (χ1n) is 3.33. The largest absolute Gasteiger partial charge is 0.295 e. The molecular formula is C8H5BF2O. The molecule has 0 saturated heterocycles. The molecule has 0 heterocycles. The number of Topliss-reactive ketones (excluding diaryl/α,β-unsaturated/α-hetero) is 1. The summed E-state index contributed by atoms with van der Waals surface area (Å²) < 4.78 is 24.9. The summed E-state index contributed by atoms with van der Waals surface area (Å²) >= 11 is 0. The molecule has 0 aliphatic heterocycles. The van der Waals surface area contributed by atoms with Gasteiger partial charge < -0.3 is 0 Å². The lowest BCUT2D eigenvalue weighted by molar-refractivity contribution is 0.101. The number of carbonyl (C=O) groups excluding carboxylic acids is 1. The summed E-state index contributed by atoms with van der Waals surface area (Å²) in [4.78, 5) is 10.9. The quantitative estimate of drug-likeness (QED) is 0.482. The molecule has 0 saturated carbocycles. The van der Waals surface area contributed by atoms with Gasteiger partial charge in [-0.15, -0.1) is 0 Å². The second-order valence-corrected chi connectivity index (χ2v) is 2.26. The summed E-state index contributed by atoms with van der Waals surface area (Å²) in [5, 5.41) is 0. The van der Waals surface area contributed by atoms with Gasteiger partial charge >= 0.3 is 0 Å².